The van der Waals surface area contributed by atoms with Crippen LogP contribution in [0.25, 0.3) is 0 Å². The van der Waals surface area contributed by atoms with Crippen LogP contribution >= 0.6 is 0 Å². The Labute approximate surface area is 97.7 Å². The second-order valence-corrected chi connectivity index (χ2v) is 3.97. The number of rotatable bonds is 4. The fraction of sp³-hybridized carbons (Fsp3) is 0.455. The van der Waals surface area contributed by atoms with E-state index in [1.54, 1.807) is 0 Å². The summed E-state index contributed by atoms with van der Waals surface area (Å²) in [6, 6.07) is 3.68. The highest BCUT2D eigenvalue weighted by Crippen LogP contribution is 2.19. The van der Waals surface area contributed by atoms with Gasteiger partial charge in [0.1, 0.15) is 5.82 Å². The number of hydrogen-bond donors (Lipinski definition) is 1. The molecule has 0 aromatic heterocycles. The lowest BCUT2D eigenvalue weighted by molar-refractivity contribution is -0.385. The van der Waals surface area contributed by atoms with Crippen molar-refractivity contribution in [1.82, 2.24) is 5.32 Å². The van der Waals surface area contributed by atoms with Crippen LogP contribution in [-0.4, -0.2) is 24.2 Å². The third kappa shape index (κ3) is 2.98. The van der Waals surface area contributed by atoms with Crippen LogP contribution in [0.15, 0.2) is 18.2 Å². The number of nitrogens with zero attached hydrogens (tertiary/aromatic N) is 1. The molecular weight excluding hydrogens is 227 g/mol. The summed E-state index contributed by atoms with van der Waals surface area (Å²) in [4.78, 5) is 10.3. The van der Waals surface area contributed by atoms with Gasteiger partial charge < -0.3 is 10.1 Å². The number of nitrogens with one attached hydrogen (secondary N) is 1. The second-order valence-electron chi connectivity index (χ2n) is 3.97. The van der Waals surface area contributed by atoms with Crippen LogP contribution in [0.1, 0.15) is 12.0 Å². The molecule has 2 rings (SSSR count). The van der Waals surface area contributed by atoms with E-state index in [1.165, 1.54) is 12.1 Å². The molecule has 17 heavy (non-hydrogen) atoms. The van der Waals surface area contributed by atoms with Crippen molar-refractivity contribution in [3.05, 3.63) is 39.7 Å². The summed E-state index contributed by atoms with van der Waals surface area (Å²) in [6.45, 7) is 1.58. The predicted molar refractivity (Wildman–Crippen MR) is 59.1 cm³/mol. The third-order valence-electron chi connectivity index (χ3n) is 2.75. The maximum Gasteiger partial charge on any atom is 0.274 e. The minimum absolute atomic E-state index is 0.0576. The van der Waals surface area contributed by atoms with E-state index in [0.717, 1.165) is 12.5 Å². The van der Waals surface area contributed by atoms with Gasteiger partial charge in [-0.15, -0.1) is 0 Å². The predicted octanol–water partition coefficient (Wildman–Crippen LogP) is 1.61. The van der Waals surface area contributed by atoms with E-state index in [-0.39, 0.29) is 18.3 Å². The van der Waals surface area contributed by atoms with Gasteiger partial charge in [0.05, 0.1) is 11.5 Å². The van der Waals surface area contributed by atoms with Gasteiger partial charge in [0.2, 0.25) is 0 Å². The lowest BCUT2D eigenvalue weighted by Crippen LogP contribution is -2.28. The quantitative estimate of drug-likeness (QED) is 0.641. The van der Waals surface area contributed by atoms with Gasteiger partial charge >= 0.3 is 0 Å². The molecule has 1 N–H and O–H groups in total. The average molecular weight is 240 g/mol. The molecule has 6 heteroatoms. The fourth-order valence-corrected chi connectivity index (χ4v) is 1.82. The van der Waals surface area contributed by atoms with Crippen LogP contribution in [-0.2, 0) is 11.3 Å². The van der Waals surface area contributed by atoms with Crippen LogP contribution in [0.5, 0.6) is 0 Å². The van der Waals surface area contributed by atoms with Crippen molar-refractivity contribution in [2.45, 2.75) is 19.0 Å². The molecule has 0 amide bonds. The molecule has 1 aliphatic heterocycles. The van der Waals surface area contributed by atoms with Crippen LogP contribution in [0.2, 0.25) is 0 Å². The molecule has 0 spiro atoms. The Bertz CT molecular complexity index is 419. The summed E-state index contributed by atoms with van der Waals surface area (Å²) in [5.74, 6) is -0.463. The molecule has 1 aromatic carbocycles. The van der Waals surface area contributed by atoms with Crippen LogP contribution in [0.3, 0.4) is 0 Å². The van der Waals surface area contributed by atoms with E-state index >= 15 is 0 Å². The molecule has 0 aliphatic carbocycles. The van der Waals surface area contributed by atoms with Crippen molar-refractivity contribution in [2.24, 2.45) is 0 Å². The minimum Gasteiger partial charge on any atom is -0.380 e. The molecule has 1 unspecified atom stereocenters. The Kier molecular flexibility index (Phi) is 3.65. The number of nitro groups is 1. The van der Waals surface area contributed by atoms with E-state index in [4.69, 9.17) is 4.74 Å². The van der Waals surface area contributed by atoms with Gasteiger partial charge in [-0.25, -0.2) is 4.39 Å². The molecule has 1 atom stereocenters. The third-order valence-corrected chi connectivity index (χ3v) is 2.75. The van der Waals surface area contributed by atoms with Gasteiger partial charge in [-0.2, -0.15) is 0 Å². The van der Waals surface area contributed by atoms with Crippen molar-refractivity contribution >= 4 is 5.69 Å². The summed E-state index contributed by atoms with van der Waals surface area (Å²) in [5.41, 5.74) is 0.305. The Morgan fingerprint density at radius 3 is 3.06 bits per heavy atom. The Balaban J connectivity index is 2.07. The largest absolute Gasteiger partial charge is 0.380 e. The first-order valence-corrected chi connectivity index (χ1v) is 5.41. The van der Waals surface area contributed by atoms with Gasteiger partial charge in [0, 0.05) is 30.8 Å². The van der Waals surface area contributed by atoms with E-state index < -0.39 is 10.7 Å². The first-order valence-electron chi connectivity index (χ1n) is 5.41. The zero-order valence-electron chi connectivity index (χ0n) is 9.19. The highest BCUT2D eigenvalue weighted by molar-refractivity contribution is 5.40. The molecule has 1 fully saturated rings. The molecule has 0 bridgehead atoms. The summed E-state index contributed by atoms with van der Waals surface area (Å²) < 4.78 is 18.2. The van der Waals surface area contributed by atoms with Crippen molar-refractivity contribution < 1.29 is 14.1 Å². The maximum absolute atomic E-state index is 13.0. The van der Waals surface area contributed by atoms with Gasteiger partial charge in [-0.1, -0.05) is 0 Å². The first-order chi connectivity index (χ1) is 8.16. The molecule has 92 valence electrons. The Morgan fingerprint density at radius 1 is 1.59 bits per heavy atom. The van der Waals surface area contributed by atoms with E-state index in [0.29, 0.717) is 18.8 Å². The van der Waals surface area contributed by atoms with Gasteiger partial charge in [-0.05, 0) is 18.6 Å². The van der Waals surface area contributed by atoms with Crippen molar-refractivity contribution in [2.75, 3.05) is 13.2 Å². The molecule has 1 heterocycles. The SMILES string of the molecule is O=[N+]([O-])c1ccc(F)cc1CNC1CCOC1. The average Bonchev–Trinajstić information content (AvgIpc) is 2.78. The molecule has 1 aliphatic rings. The highest BCUT2D eigenvalue weighted by atomic mass is 19.1. The molecular formula is C11H13FN2O3. The number of hydrogen-bond acceptors (Lipinski definition) is 4. The minimum atomic E-state index is -0.498. The second kappa shape index (κ2) is 5.20. The normalized spacial score (nSPS) is 19.5. The van der Waals surface area contributed by atoms with E-state index in [9.17, 15) is 14.5 Å². The number of ether oxygens (including phenoxy) is 1. The van der Waals surface area contributed by atoms with Crippen LogP contribution in [0.4, 0.5) is 10.1 Å². The van der Waals surface area contributed by atoms with Crippen molar-refractivity contribution in [3.8, 4) is 0 Å². The Morgan fingerprint density at radius 2 is 2.41 bits per heavy atom. The van der Waals surface area contributed by atoms with E-state index in [1.807, 2.05) is 0 Å². The molecule has 5 nitrogen and oxygen atoms in total. The van der Waals surface area contributed by atoms with Gasteiger partial charge in [0.25, 0.3) is 5.69 Å². The zero-order chi connectivity index (χ0) is 12.3. The number of benzene rings is 1. The zero-order valence-corrected chi connectivity index (χ0v) is 9.19. The molecule has 0 radical (unpaired) electrons. The van der Waals surface area contributed by atoms with Crippen LogP contribution < -0.4 is 5.32 Å². The van der Waals surface area contributed by atoms with Crippen molar-refractivity contribution in [1.29, 1.82) is 0 Å². The molecule has 0 saturated carbocycles. The summed E-state index contributed by atoms with van der Waals surface area (Å²) in [7, 11) is 0. The topological polar surface area (TPSA) is 64.4 Å². The number of halogens is 1. The summed E-state index contributed by atoms with van der Waals surface area (Å²) in [5, 5.41) is 13.9. The van der Waals surface area contributed by atoms with Gasteiger partial charge in [0.15, 0.2) is 0 Å². The highest BCUT2D eigenvalue weighted by Gasteiger charge is 2.18. The van der Waals surface area contributed by atoms with Gasteiger partial charge in [-0.3, -0.25) is 10.1 Å². The Hall–Kier alpha value is -1.53. The van der Waals surface area contributed by atoms with Crippen molar-refractivity contribution in [3.63, 3.8) is 0 Å². The standard InChI is InChI=1S/C11H13FN2O3/c12-9-1-2-11(14(15)16)8(5-9)6-13-10-3-4-17-7-10/h1-2,5,10,13H,3-4,6-7H2. The first kappa shape index (κ1) is 11.9. The van der Waals surface area contributed by atoms with E-state index in [2.05, 4.69) is 5.32 Å². The van der Waals surface area contributed by atoms with Crippen LogP contribution in [0, 0.1) is 15.9 Å². The maximum atomic E-state index is 13.0. The monoisotopic (exact) mass is 240 g/mol. The molecule has 1 aromatic rings. The summed E-state index contributed by atoms with van der Waals surface area (Å²) >= 11 is 0. The fourth-order valence-electron chi connectivity index (χ4n) is 1.82. The number of nitro benzene ring substituents is 1. The smallest absolute Gasteiger partial charge is 0.274 e. The lowest BCUT2D eigenvalue weighted by atomic mass is 10.1. The summed E-state index contributed by atoms with van der Waals surface area (Å²) in [6.07, 6.45) is 0.878. The lowest BCUT2D eigenvalue weighted by Gasteiger charge is -2.10. The molecule has 1 saturated heterocycles.